The van der Waals surface area contributed by atoms with E-state index in [0.717, 1.165) is 18.4 Å². The van der Waals surface area contributed by atoms with E-state index in [1.807, 2.05) is 10.9 Å². The van der Waals surface area contributed by atoms with Crippen LogP contribution in [0.15, 0.2) is 12.4 Å². The van der Waals surface area contributed by atoms with E-state index in [9.17, 15) is 0 Å². The molecule has 0 radical (unpaired) electrons. The van der Waals surface area contributed by atoms with Gasteiger partial charge in [0.25, 0.3) is 0 Å². The second-order valence-electron chi connectivity index (χ2n) is 5.65. The SMILES string of the molecule is CCC1CCC(NC)C(Cc2cnn(CC)c2)C1. The molecule has 3 unspecified atom stereocenters. The topological polar surface area (TPSA) is 29.9 Å². The van der Waals surface area contributed by atoms with Gasteiger partial charge in [-0.2, -0.15) is 5.10 Å². The average Bonchev–Trinajstić information content (AvgIpc) is 2.86. The van der Waals surface area contributed by atoms with Crippen molar-refractivity contribution in [1.29, 1.82) is 0 Å². The quantitative estimate of drug-likeness (QED) is 0.869. The molecule has 0 aromatic carbocycles. The molecule has 1 heterocycles. The number of nitrogens with zero attached hydrogens (tertiary/aromatic N) is 2. The normalized spacial score (nSPS) is 28.5. The second-order valence-corrected chi connectivity index (χ2v) is 5.65. The largest absolute Gasteiger partial charge is 0.317 e. The van der Waals surface area contributed by atoms with E-state index in [1.165, 1.54) is 37.7 Å². The summed E-state index contributed by atoms with van der Waals surface area (Å²) in [5.74, 6) is 1.71. The van der Waals surface area contributed by atoms with Crippen LogP contribution in [0.25, 0.3) is 0 Å². The van der Waals surface area contributed by atoms with E-state index < -0.39 is 0 Å². The summed E-state index contributed by atoms with van der Waals surface area (Å²) in [4.78, 5) is 0. The van der Waals surface area contributed by atoms with Crippen molar-refractivity contribution in [3.8, 4) is 0 Å². The molecule has 1 aromatic heterocycles. The first-order valence-electron chi connectivity index (χ1n) is 7.45. The van der Waals surface area contributed by atoms with E-state index in [4.69, 9.17) is 0 Å². The highest BCUT2D eigenvalue weighted by Crippen LogP contribution is 2.33. The zero-order chi connectivity index (χ0) is 13.0. The third-order valence-corrected chi connectivity index (χ3v) is 4.55. The Bertz CT molecular complexity index is 358. The van der Waals surface area contributed by atoms with Crippen LogP contribution in [0.3, 0.4) is 0 Å². The predicted molar refractivity (Wildman–Crippen MR) is 75.6 cm³/mol. The molecule has 0 spiro atoms. The van der Waals surface area contributed by atoms with Crippen molar-refractivity contribution in [1.82, 2.24) is 15.1 Å². The molecular weight excluding hydrogens is 222 g/mol. The molecular formula is C15H27N3. The summed E-state index contributed by atoms with van der Waals surface area (Å²) >= 11 is 0. The molecule has 1 saturated carbocycles. The van der Waals surface area contributed by atoms with Crippen molar-refractivity contribution in [3.05, 3.63) is 18.0 Å². The van der Waals surface area contributed by atoms with Crippen LogP contribution >= 0.6 is 0 Å². The molecule has 102 valence electrons. The third-order valence-electron chi connectivity index (χ3n) is 4.55. The van der Waals surface area contributed by atoms with Gasteiger partial charge < -0.3 is 5.32 Å². The van der Waals surface area contributed by atoms with Crippen LogP contribution in [0.2, 0.25) is 0 Å². The first kappa shape index (κ1) is 13.6. The van der Waals surface area contributed by atoms with Gasteiger partial charge in [0.05, 0.1) is 6.20 Å². The Hall–Kier alpha value is -0.830. The van der Waals surface area contributed by atoms with Gasteiger partial charge in [-0.3, -0.25) is 4.68 Å². The van der Waals surface area contributed by atoms with Gasteiger partial charge in [-0.1, -0.05) is 13.3 Å². The van der Waals surface area contributed by atoms with Crippen LogP contribution in [0, 0.1) is 11.8 Å². The van der Waals surface area contributed by atoms with Gasteiger partial charge in [-0.25, -0.2) is 0 Å². The molecule has 18 heavy (non-hydrogen) atoms. The van der Waals surface area contributed by atoms with Crippen LogP contribution < -0.4 is 5.32 Å². The van der Waals surface area contributed by atoms with Crippen molar-refractivity contribution >= 4 is 0 Å². The minimum absolute atomic E-state index is 0.692. The fraction of sp³-hybridized carbons (Fsp3) is 0.800. The third kappa shape index (κ3) is 3.14. The maximum absolute atomic E-state index is 4.39. The standard InChI is InChI=1S/C15H27N3/c1-4-12-6-7-15(16-3)14(8-12)9-13-10-17-18(5-2)11-13/h10-12,14-16H,4-9H2,1-3H3. The zero-order valence-corrected chi connectivity index (χ0v) is 12.0. The van der Waals surface area contributed by atoms with Crippen molar-refractivity contribution in [2.24, 2.45) is 11.8 Å². The molecule has 3 heteroatoms. The fourth-order valence-corrected chi connectivity index (χ4v) is 3.33. The van der Waals surface area contributed by atoms with Gasteiger partial charge in [0.1, 0.15) is 0 Å². The molecule has 0 amide bonds. The Morgan fingerprint density at radius 2 is 2.22 bits per heavy atom. The number of rotatable bonds is 5. The van der Waals surface area contributed by atoms with E-state index in [2.05, 4.69) is 37.5 Å². The molecule has 3 atom stereocenters. The molecule has 2 rings (SSSR count). The first-order valence-corrected chi connectivity index (χ1v) is 7.45. The summed E-state index contributed by atoms with van der Waals surface area (Å²) < 4.78 is 2.03. The number of aromatic nitrogens is 2. The van der Waals surface area contributed by atoms with Gasteiger partial charge in [0, 0.05) is 18.8 Å². The molecule has 0 aliphatic heterocycles. The lowest BCUT2D eigenvalue weighted by Crippen LogP contribution is -2.39. The molecule has 1 N–H and O–H groups in total. The Balaban J connectivity index is 1.99. The van der Waals surface area contributed by atoms with Crippen molar-refractivity contribution in [3.63, 3.8) is 0 Å². The molecule has 1 fully saturated rings. The minimum atomic E-state index is 0.692. The lowest BCUT2D eigenvalue weighted by atomic mass is 9.75. The monoisotopic (exact) mass is 249 g/mol. The Labute approximate surface area is 111 Å². The van der Waals surface area contributed by atoms with E-state index in [1.54, 1.807) is 0 Å². The van der Waals surface area contributed by atoms with Crippen molar-refractivity contribution in [2.75, 3.05) is 7.05 Å². The minimum Gasteiger partial charge on any atom is -0.317 e. The van der Waals surface area contributed by atoms with Gasteiger partial charge in [0.15, 0.2) is 0 Å². The number of aryl methyl sites for hydroxylation is 1. The molecule has 0 bridgehead atoms. The van der Waals surface area contributed by atoms with Gasteiger partial charge in [-0.15, -0.1) is 0 Å². The van der Waals surface area contributed by atoms with E-state index >= 15 is 0 Å². The maximum Gasteiger partial charge on any atom is 0.0521 e. The van der Waals surface area contributed by atoms with Crippen LogP contribution in [0.4, 0.5) is 0 Å². The summed E-state index contributed by atoms with van der Waals surface area (Å²) in [7, 11) is 2.11. The van der Waals surface area contributed by atoms with E-state index in [0.29, 0.717) is 6.04 Å². The summed E-state index contributed by atoms with van der Waals surface area (Å²) in [6.45, 7) is 5.44. The lowest BCUT2D eigenvalue weighted by Gasteiger charge is -2.35. The molecule has 1 aromatic rings. The number of hydrogen-bond acceptors (Lipinski definition) is 2. The summed E-state index contributed by atoms with van der Waals surface area (Å²) in [5, 5.41) is 7.90. The van der Waals surface area contributed by atoms with E-state index in [-0.39, 0.29) is 0 Å². The van der Waals surface area contributed by atoms with Crippen LogP contribution in [-0.2, 0) is 13.0 Å². The number of nitrogens with one attached hydrogen (secondary N) is 1. The van der Waals surface area contributed by atoms with Crippen molar-refractivity contribution in [2.45, 2.75) is 58.5 Å². The van der Waals surface area contributed by atoms with Gasteiger partial charge in [-0.05, 0) is 57.1 Å². The Kier molecular flexibility index (Phi) is 4.81. The van der Waals surface area contributed by atoms with Crippen LogP contribution in [0.5, 0.6) is 0 Å². The molecule has 3 nitrogen and oxygen atoms in total. The Morgan fingerprint density at radius 3 is 2.83 bits per heavy atom. The second kappa shape index (κ2) is 6.37. The van der Waals surface area contributed by atoms with Gasteiger partial charge >= 0.3 is 0 Å². The summed E-state index contributed by atoms with van der Waals surface area (Å²) in [6, 6.07) is 0.692. The predicted octanol–water partition coefficient (Wildman–Crippen LogP) is 2.86. The van der Waals surface area contributed by atoms with Crippen LogP contribution in [0.1, 0.15) is 45.1 Å². The zero-order valence-electron chi connectivity index (χ0n) is 12.0. The smallest absolute Gasteiger partial charge is 0.0521 e. The summed E-state index contributed by atoms with van der Waals surface area (Å²) in [6.07, 6.45) is 10.9. The fourth-order valence-electron chi connectivity index (χ4n) is 3.33. The molecule has 1 aliphatic carbocycles. The van der Waals surface area contributed by atoms with Gasteiger partial charge in [0.2, 0.25) is 0 Å². The highest BCUT2D eigenvalue weighted by molar-refractivity contribution is 5.06. The highest BCUT2D eigenvalue weighted by atomic mass is 15.3. The van der Waals surface area contributed by atoms with Crippen molar-refractivity contribution < 1.29 is 0 Å². The first-order chi connectivity index (χ1) is 8.76. The number of hydrogen-bond donors (Lipinski definition) is 1. The summed E-state index contributed by atoms with van der Waals surface area (Å²) in [5.41, 5.74) is 1.40. The molecule has 0 saturated heterocycles. The Morgan fingerprint density at radius 1 is 1.39 bits per heavy atom. The molecule has 1 aliphatic rings. The lowest BCUT2D eigenvalue weighted by molar-refractivity contribution is 0.205. The maximum atomic E-state index is 4.39. The average molecular weight is 249 g/mol. The van der Waals surface area contributed by atoms with Crippen LogP contribution in [-0.4, -0.2) is 22.9 Å². The highest BCUT2D eigenvalue weighted by Gasteiger charge is 2.28.